The Morgan fingerprint density at radius 2 is 2.22 bits per heavy atom. The van der Waals surface area contributed by atoms with Crippen LogP contribution >= 0.6 is 23.2 Å². The SMILES string of the molecule is Cn1ncc(Cl)c1S(=O)(=O)NCCCOCCCl. The normalized spacial score (nSPS) is 11.9. The molecule has 1 heterocycles. The molecule has 0 radical (unpaired) electrons. The molecule has 0 unspecified atom stereocenters. The van der Waals surface area contributed by atoms with E-state index in [9.17, 15) is 8.42 Å². The van der Waals surface area contributed by atoms with E-state index in [2.05, 4.69) is 9.82 Å². The first kappa shape index (κ1) is 15.7. The van der Waals surface area contributed by atoms with Crippen molar-refractivity contribution in [3.05, 3.63) is 11.2 Å². The lowest BCUT2D eigenvalue weighted by molar-refractivity contribution is 0.147. The number of halogens is 2. The van der Waals surface area contributed by atoms with Gasteiger partial charge in [-0.3, -0.25) is 4.68 Å². The van der Waals surface area contributed by atoms with Gasteiger partial charge < -0.3 is 4.74 Å². The van der Waals surface area contributed by atoms with Gasteiger partial charge in [-0.2, -0.15) is 5.10 Å². The summed E-state index contributed by atoms with van der Waals surface area (Å²) in [6.07, 6.45) is 1.85. The molecule has 0 aromatic carbocycles. The van der Waals surface area contributed by atoms with Gasteiger partial charge in [-0.05, 0) is 6.42 Å². The van der Waals surface area contributed by atoms with E-state index in [0.29, 0.717) is 25.5 Å². The highest BCUT2D eigenvalue weighted by atomic mass is 35.5. The van der Waals surface area contributed by atoms with Crippen LogP contribution in [0.15, 0.2) is 11.2 Å². The maximum Gasteiger partial charge on any atom is 0.259 e. The molecule has 0 spiro atoms. The van der Waals surface area contributed by atoms with Crippen molar-refractivity contribution in [1.82, 2.24) is 14.5 Å². The van der Waals surface area contributed by atoms with Crippen LogP contribution in [0.4, 0.5) is 0 Å². The van der Waals surface area contributed by atoms with E-state index in [1.54, 1.807) is 0 Å². The van der Waals surface area contributed by atoms with Gasteiger partial charge >= 0.3 is 0 Å². The van der Waals surface area contributed by atoms with Crippen molar-refractivity contribution in [2.24, 2.45) is 7.05 Å². The summed E-state index contributed by atoms with van der Waals surface area (Å²) in [5.41, 5.74) is 0. The molecule has 0 fully saturated rings. The number of ether oxygens (including phenoxy) is 1. The fourth-order valence-corrected chi connectivity index (χ4v) is 3.14. The molecule has 104 valence electrons. The summed E-state index contributed by atoms with van der Waals surface area (Å²) < 4.78 is 32.6. The minimum Gasteiger partial charge on any atom is -0.380 e. The zero-order chi connectivity index (χ0) is 13.6. The molecule has 0 bridgehead atoms. The van der Waals surface area contributed by atoms with E-state index in [1.807, 2.05) is 0 Å². The lowest BCUT2D eigenvalue weighted by Gasteiger charge is -2.07. The Balaban J connectivity index is 2.46. The molecule has 0 aliphatic rings. The summed E-state index contributed by atoms with van der Waals surface area (Å²) in [6.45, 7) is 1.18. The van der Waals surface area contributed by atoms with Crippen molar-refractivity contribution in [2.45, 2.75) is 11.4 Å². The third-order valence-electron chi connectivity index (χ3n) is 2.08. The van der Waals surface area contributed by atoms with Crippen molar-refractivity contribution >= 4 is 33.2 Å². The van der Waals surface area contributed by atoms with Gasteiger partial charge in [0.25, 0.3) is 10.0 Å². The van der Waals surface area contributed by atoms with Gasteiger partial charge in [0.1, 0.15) is 0 Å². The first-order chi connectivity index (χ1) is 8.49. The number of aromatic nitrogens is 2. The Labute approximate surface area is 116 Å². The molecule has 1 aromatic heterocycles. The number of nitrogens with one attached hydrogen (secondary N) is 1. The zero-order valence-electron chi connectivity index (χ0n) is 9.90. The Morgan fingerprint density at radius 1 is 1.50 bits per heavy atom. The second kappa shape index (κ2) is 7.30. The monoisotopic (exact) mass is 315 g/mol. The van der Waals surface area contributed by atoms with Gasteiger partial charge in [0.05, 0.1) is 17.8 Å². The minimum atomic E-state index is -3.63. The largest absolute Gasteiger partial charge is 0.380 e. The van der Waals surface area contributed by atoms with Gasteiger partial charge in [-0.15, -0.1) is 11.6 Å². The van der Waals surface area contributed by atoms with E-state index in [1.165, 1.54) is 17.9 Å². The topological polar surface area (TPSA) is 73.2 Å². The van der Waals surface area contributed by atoms with Crippen LogP contribution in [0, 0.1) is 0 Å². The molecule has 6 nitrogen and oxygen atoms in total. The Morgan fingerprint density at radius 3 is 2.78 bits per heavy atom. The molecule has 0 aliphatic heterocycles. The average Bonchev–Trinajstić information content (AvgIpc) is 2.64. The predicted molar refractivity (Wildman–Crippen MR) is 69.6 cm³/mol. The number of hydrogen-bond donors (Lipinski definition) is 1. The molecule has 0 atom stereocenters. The molecule has 18 heavy (non-hydrogen) atoms. The summed E-state index contributed by atoms with van der Waals surface area (Å²) in [6, 6.07) is 0. The van der Waals surface area contributed by atoms with Gasteiger partial charge in [0.15, 0.2) is 5.03 Å². The zero-order valence-corrected chi connectivity index (χ0v) is 12.2. The number of nitrogens with zero attached hydrogens (tertiary/aromatic N) is 2. The summed E-state index contributed by atoms with van der Waals surface area (Å²) in [7, 11) is -2.12. The highest BCUT2D eigenvalue weighted by molar-refractivity contribution is 7.89. The Hall–Kier alpha value is -0.340. The quantitative estimate of drug-likeness (QED) is 0.573. The molecule has 0 saturated heterocycles. The molecule has 1 rings (SSSR count). The molecular weight excluding hydrogens is 301 g/mol. The van der Waals surface area contributed by atoms with E-state index in [4.69, 9.17) is 27.9 Å². The van der Waals surface area contributed by atoms with Crippen molar-refractivity contribution < 1.29 is 13.2 Å². The van der Waals surface area contributed by atoms with Gasteiger partial charge in [-0.1, -0.05) is 11.6 Å². The lowest BCUT2D eigenvalue weighted by atomic mass is 10.5. The fourth-order valence-electron chi connectivity index (χ4n) is 1.31. The first-order valence-corrected chi connectivity index (χ1v) is 7.69. The van der Waals surface area contributed by atoms with Crippen LogP contribution in [0.5, 0.6) is 0 Å². The van der Waals surface area contributed by atoms with Crippen molar-refractivity contribution in [1.29, 1.82) is 0 Å². The van der Waals surface area contributed by atoms with E-state index in [0.717, 1.165) is 0 Å². The number of rotatable bonds is 8. The van der Waals surface area contributed by atoms with Crippen LogP contribution in [-0.4, -0.2) is 43.8 Å². The maximum absolute atomic E-state index is 11.9. The van der Waals surface area contributed by atoms with E-state index < -0.39 is 10.0 Å². The smallest absolute Gasteiger partial charge is 0.259 e. The number of sulfonamides is 1. The summed E-state index contributed by atoms with van der Waals surface area (Å²) >= 11 is 11.2. The standard InChI is InChI=1S/C9H15Cl2N3O3S/c1-14-9(8(11)7-12-14)18(15,16)13-4-2-5-17-6-3-10/h7,13H,2-6H2,1H3. The van der Waals surface area contributed by atoms with E-state index in [-0.39, 0.29) is 16.6 Å². The average molecular weight is 316 g/mol. The molecule has 0 saturated carbocycles. The number of alkyl halides is 1. The summed E-state index contributed by atoms with van der Waals surface area (Å²) in [4.78, 5) is 0. The molecule has 0 amide bonds. The second-order valence-corrected chi connectivity index (χ2v) is 5.94. The van der Waals surface area contributed by atoms with Crippen LogP contribution in [0.2, 0.25) is 5.02 Å². The van der Waals surface area contributed by atoms with Gasteiger partial charge in [0, 0.05) is 26.1 Å². The van der Waals surface area contributed by atoms with Crippen LogP contribution in [-0.2, 0) is 21.8 Å². The molecule has 0 aliphatic carbocycles. The number of hydrogen-bond acceptors (Lipinski definition) is 4. The highest BCUT2D eigenvalue weighted by Gasteiger charge is 2.21. The number of aryl methyl sites for hydroxylation is 1. The minimum absolute atomic E-state index is 0.0363. The third-order valence-corrected chi connectivity index (χ3v) is 4.20. The fraction of sp³-hybridized carbons (Fsp3) is 0.667. The summed E-state index contributed by atoms with van der Waals surface area (Å²) in [5.74, 6) is 0.427. The van der Waals surface area contributed by atoms with Crippen LogP contribution in [0.3, 0.4) is 0 Å². The van der Waals surface area contributed by atoms with Crippen molar-refractivity contribution in [3.8, 4) is 0 Å². The predicted octanol–water partition coefficient (Wildman–Crippen LogP) is 0.997. The maximum atomic E-state index is 11.9. The third kappa shape index (κ3) is 4.40. The Bertz CT molecular complexity index is 456. The summed E-state index contributed by atoms with van der Waals surface area (Å²) in [5, 5.41) is 3.84. The van der Waals surface area contributed by atoms with Crippen LogP contribution in [0.25, 0.3) is 0 Å². The Kier molecular flexibility index (Phi) is 6.37. The van der Waals surface area contributed by atoms with E-state index >= 15 is 0 Å². The van der Waals surface area contributed by atoms with Crippen LogP contribution in [0.1, 0.15) is 6.42 Å². The van der Waals surface area contributed by atoms with Crippen LogP contribution < -0.4 is 4.72 Å². The lowest BCUT2D eigenvalue weighted by Crippen LogP contribution is -2.27. The van der Waals surface area contributed by atoms with Gasteiger partial charge in [0.2, 0.25) is 0 Å². The van der Waals surface area contributed by atoms with Crippen molar-refractivity contribution in [3.63, 3.8) is 0 Å². The molecule has 1 aromatic rings. The molecule has 9 heteroatoms. The second-order valence-electron chi connectivity index (χ2n) is 3.47. The van der Waals surface area contributed by atoms with Gasteiger partial charge in [-0.25, -0.2) is 13.1 Å². The molecular formula is C9H15Cl2N3O3S. The van der Waals surface area contributed by atoms with Crippen molar-refractivity contribution in [2.75, 3.05) is 25.6 Å². The molecule has 1 N–H and O–H groups in total. The highest BCUT2D eigenvalue weighted by Crippen LogP contribution is 2.19. The first-order valence-electron chi connectivity index (χ1n) is 5.30.